The van der Waals surface area contributed by atoms with Crippen LogP contribution in [0, 0.1) is 0 Å². The van der Waals surface area contributed by atoms with Gasteiger partial charge in [0.25, 0.3) is 5.91 Å². The molecule has 8 heteroatoms. The van der Waals surface area contributed by atoms with Crippen LogP contribution in [-0.2, 0) is 10.0 Å². The van der Waals surface area contributed by atoms with Crippen LogP contribution in [0.25, 0.3) is 0 Å². The molecule has 0 bridgehead atoms. The molecule has 1 aromatic rings. The van der Waals surface area contributed by atoms with Gasteiger partial charge in [0.1, 0.15) is 0 Å². The van der Waals surface area contributed by atoms with Gasteiger partial charge in [0.2, 0.25) is 10.0 Å². The third-order valence-corrected chi connectivity index (χ3v) is 6.09. The topological polar surface area (TPSA) is 76.2 Å². The smallest absolute Gasteiger partial charge is 0.257 e. The van der Waals surface area contributed by atoms with Crippen molar-refractivity contribution in [3.05, 3.63) is 23.8 Å². The fraction of sp³-hybridized carbons (Fsp3) is 0.562. The van der Waals surface area contributed by atoms with Crippen molar-refractivity contribution >= 4 is 15.9 Å². The molecule has 24 heavy (non-hydrogen) atoms. The molecule has 0 aliphatic carbocycles. The molecule has 1 saturated heterocycles. The van der Waals surface area contributed by atoms with E-state index in [1.165, 1.54) is 18.5 Å². The summed E-state index contributed by atoms with van der Waals surface area (Å²) in [5.41, 5.74) is 0.418. The summed E-state index contributed by atoms with van der Waals surface area (Å²) >= 11 is 0. The van der Waals surface area contributed by atoms with Crippen molar-refractivity contribution in [3.8, 4) is 11.5 Å². The molecule has 7 nitrogen and oxygen atoms in total. The fourth-order valence-corrected chi connectivity index (χ4v) is 4.28. The number of hydrogen-bond donors (Lipinski definition) is 0. The maximum atomic E-state index is 12.8. The number of methoxy groups -OCH3 is 2. The standard InChI is InChI=1S/C16H24N2O5S/c1-4-12-24(20,21)18-10-8-17(9-11-18)16(19)13-6-5-7-14(22-2)15(13)23-3/h5-7H,4,8-12H2,1-3H3. The van der Waals surface area contributed by atoms with Crippen LogP contribution in [0.3, 0.4) is 0 Å². The molecule has 0 unspecified atom stereocenters. The number of amides is 1. The molecule has 1 aliphatic heterocycles. The lowest BCUT2D eigenvalue weighted by Crippen LogP contribution is -2.51. The summed E-state index contributed by atoms with van der Waals surface area (Å²) in [5, 5.41) is 0. The van der Waals surface area contributed by atoms with Crippen molar-refractivity contribution in [2.75, 3.05) is 46.2 Å². The Balaban J connectivity index is 2.11. The van der Waals surface area contributed by atoms with Crippen LogP contribution in [-0.4, -0.2) is 69.7 Å². The third kappa shape index (κ3) is 3.81. The predicted octanol–water partition coefficient (Wildman–Crippen LogP) is 1.20. The second-order valence-electron chi connectivity index (χ2n) is 5.55. The van der Waals surface area contributed by atoms with Crippen LogP contribution >= 0.6 is 0 Å². The van der Waals surface area contributed by atoms with E-state index in [0.717, 1.165) is 0 Å². The Morgan fingerprint density at radius 1 is 1.12 bits per heavy atom. The molecule has 1 aliphatic rings. The van der Waals surface area contributed by atoms with Crippen LogP contribution in [0.1, 0.15) is 23.7 Å². The Morgan fingerprint density at radius 2 is 1.79 bits per heavy atom. The first-order valence-corrected chi connectivity index (χ1v) is 9.53. The van der Waals surface area contributed by atoms with E-state index in [-0.39, 0.29) is 11.7 Å². The normalized spacial score (nSPS) is 16.0. The number of nitrogens with zero attached hydrogens (tertiary/aromatic N) is 2. The average Bonchev–Trinajstić information content (AvgIpc) is 2.60. The number of piperazine rings is 1. The molecular weight excluding hydrogens is 332 g/mol. The Morgan fingerprint density at radius 3 is 2.33 bits per heavy atom. The van der Waals surface area contributed by atoms with Gasteiger partial charge in [0, 0.05) is 26.2 Å². The van der Waals surface area contributed by atoms with E-state index in [2.05, 4.69) is 0 Å². The van der Waals surface area contributed by atoms with Gasteiger partial charge >= 0.3 is 0 Å². The van der Waals surface area contributed by atoms with E-state index >= 15 is 0 Å². The Bertz CT molecular complexity index is 682. The molecule has 0 aromatic heterocycles. The van der Waals surface area contributed by atoms with Crippen molar-refractivity contribution in [1.29, 1.82) is 0 Å². The molecule has 0 saturated carbocycles. The summed E-state index contributed by atoms with van der Waals surface area (Å²) in [4.78, 5) is 14.4. The average molecular weight is 356 g/mol. The zero-order valence-corrected chi connectivity index (χ0v) is 15.1. The number of sulfonamides is 1. The van der Waals surface area contributed by atoms with E-state index < -0.39 is 10.0 Å². The van der Waals surface area contributed by atoms with E-state index in [0.29, 0.717) is 49.7 Å². The van der Waals surface area contributed by atoms with Crippen molar-refractivity contribution in [3.63, 3.8) is 0 Å². The molecule has 0 spiro atoms. The van der Waals surface area contributed by atoms with Gasteiger partial charge in [-0.3, -0.25) is 4.79 Å². The van der Waals surface area contributed by atoms with E-state index in [4.69, 9.17) is 9.47 Å². The zero-order valence-electron chi connectivity index (χ0n) is 14.3. The molecule has 134 valence electrons. The molecule has 1 aromatic carbocycles. The third-order valence-electron chi connectivity index (χ3n) is 4.01. The van der Waals surface area contributed by atoms with Gasteiger partial charge in [-0.2, -0.15) is 4.31 Å². The molecule has 1 heterocycles. The summed E-state index contributed by atoms with van der Waals surface area (Å²) < 4.78 is 36.2. The van der Waals surface area contributed by atoms with Gasteiger partial charge in [-0.15, -0.1) is 0 Å². The molecule has 1 amide bonds. The highest BCUT2D eigenvalue weighted by Crippen LogP contribution is 2.31. The number of para-hydroxylation sites is 1. The molecule has 2 rings (SSSR count). The number of benzene rings is 1. The highest BCUT2D eigenvalue weighted by Gasteiger charge is 2.30. The van der Waals surface area contributed by atoms with E-state index in [1.54, 1.807) is 23.1 Å². The number of carbonyl (C=O) groups is 1. The number of ether oxygens (including phenoxy) is 2. The number of carbonyl (C=O) groups excluding carboxylic acids is 1. The summed E-state index contributed by atoms with van der Waals surface area (Å²) in [6.07, 6.45) is 0.586. The Hall–Kier alpha value is -1.80. The minimum atomic E-state index is -3.22. The largest absolute Gasteiger partial charge is 0.493 e. The van der Waals surface area contributed by atoms with Crippen LogP contribution in [0.2, 0.25) is 0 Å². The lowest BCUT2D eigenvalue weighted by atomic mass is 10.1. The highest BCUT2D eigenvalue weighted by molar-refractivity contribution is 7.89. The summed E-state index contributed by atoms with van der Waals surface area (Å²) in [6, 6.07) is 5.14. The Kier molecular flexibility index (Phi) is 6.06. The molecule has 0 atom stereocenters. The first-order valence-electron chi connectivity index (χ1n) is 7.92. The van der Waals surface area contributed by atoms with Gasteiger partial charge in [-0.25, -0.2) is 8.42 Å². The van der Waals surface area contributed by atoms with Crippen molar-refractivity contribution in [2.24, 2.45) is 0 Å². The highest BCUT2D eigenvalue weighted by atomic mass is 32.2. The molecular formula is C16H24N2O5S. The first-order chi connectivity index (χ1) is 11.4. The van der Waals surface area contributed by atoms with Gasteiger partial charge in [0.05, 0.1) is 25.5 Å². The Labute approximate surface area is 143 Å². The van der Waals surface area contributed by atoms with Crippen LogP contribution in [0.15, 0.2) is 18.2 Å². The van der Waals surface area contributed by atoms with Gasteiger partial charge in [-0.1, -0.05) is 13.0 Å². The monoisotopic (exact) mass is 356 g/mol. The number of rotatable bonds is 6. The zero-order chi connectivity index (χ0) is 17.7. The minimum Gasteiger partial charge on any atom is -0.493 e. The molecule has 0 radical (unpaired) electrons. The lowest BCUT2D eigenvalue weighted by molar-refractivity contribution is 0.0694. The quantitative estimate of drug-likeness (QED) is 0.766. The fourth-order valence-electron chi connectivity index (χ4n) is 2.78. The van der Waals surface area contributed by atoms with Crippen LogP contribution in [0.4, 0.5) is 0 Å². The maximum Gasteiger partial charge on any atom is 0.257 e. The minimum absolute atomic E-state index is 0.144. The lowest BCUT2D eigenvalue weighted by Gasteiger charge is -2.34. The second-order valence-corrected chi connectivity index (χ2v) is 7.64. The maximum absolute atomic E-state index is 12.8. The summed E-state index contributed by atoms with van der Waals surface area (Å²) in [7, 11) is -0.213. The number of hydrogen-bond acceptors (Lipinski definition) is 5. The molecule has 1 fully saturated rings. The van der Waals surface area contributed by atoms with Gasteiger partial charge in [0.15, 0.2) is 11.5 Å². The van der Waals surface area contributed by atoms with Crippen molar-refractivity contribution in [2.45, 2.75) is 13.3 Å². The summed E-state index contributed by atoms with van der Waals surface area (Å²) in [6.45, 7) is 3.21. The predicted molar refractivity (Wildman–Crippen MR) is 91.1 cm³/mol. The van der Waals surface area contributed by atoms with Crippen molar-refractivity contribution in [1.82, 2.24) is 9.21 Å². The van der Waals surface area contributed by atoms with E-state index in [9.17, 15) is 13.2 Å². The summed E-state index contributed by atoms with van der Waals surface area (Å²) in [5.74, 6) is 0.849. The SMILES string of the molecule is CCCS(=O)(=O)N1CCN(C(=O)c2cccc(OC)c2OC)CC1. The van der Waals surface area contributed by atoms with Gasteiger partial charge in [-0.05, 0) is 18.6 Å². The van der Waals surface area contributed by atoms with E-state index in [1.807, 2.05) is 6.92 Å². The molecule has 0 N–H and O–H groups in total. The first kappa shape index (κ1) is 18.5. The van der Waals surface area contributed by atoms with Gasteiger partial charge < -0.3 is 14.4 Å². The van der Waals surface area contributed by atoms with Crippen LogP contribution in [0.5, 0.6) is 11.5 Å². The van der Waals surface area contributed by atoms with Crippen LogP contribution < -0.4 is 9.47 Å². The van der Waals surface area contributed by atoms with Crippen molar-refractivity contribution < 1.29 is 22.7 Å². The second kappa shape index (κ2) is 7.85.